The number of primary sulfonamides is 1. The smallest absolute Gasteiger partial charge is 0.289 e. The zero-order valence-electron chi connectivity index (χ0n) is 20.6. The molecule has 3 heterocycles. The molecule has 0 spiro atoms. The van der Waals surface area contributed by atoms with E-state index in [2.05, 4.69) is 4.99 Å². The summed E-state index contributed by atoms with van der Waals surface area (Å²) in [5.74, 6) is 0.0307. The number of fused-ring (bicyclic) bond motifs is 2. The molecule has 0 bridgehead atoms. The topological polar surface area (TPSA) is 134 Å². The molecule has 194 valence electrons. The summed E-state index contributed by atoms with van der Waals surface area (Å²) in [7, 11) is -2.57. The Bertz CT molecular complexity index is 1730. The maximum atomic E-state index is 13.5. The minimum absolute atomic E-state index is 0.00843. The Labute approximate surface area is 218 Å². The molecule has 37 heavy (non-hydrogen) atoms. The fourth-order valence-electron chi connectivity index (χ4n) is 5.00. The van der Waals surface area contributed by atoms with Gasteiger partial charge in [0.1, 0.15) is 5.39 Å². The van der Waals surface area contributed by atoms with Gasteiger partial charge in [-0.05, 0) is 24.1 Å². The number of nitrogens with two attached hydrogens (primary N) is 1. The molecular weight excluding hydrogens is 516 g/mol. The molecule has 2 N–H and O–H groups in total. The maximum absolute atomic E-state index is 13.5. The number of aromatic nitrogens is 4. The number of rotatable bonds is 6. The van der Waals surface area contributed by atoms with Crippen molar-refractivity contribution in [2.45, 2.75) is 37.9 Å². The highest BCUT2D eigenvalue weighted by molar-refractivity contribution is 7.89. The summed E-state index contributed by atoms with van der Waals surface area (Å²) in [6, 6.07) is 6.03. The zero-order chi connectivity index (χ0) is 26.6. The number of sulfonamides is 1. The molecule has 1 aromatic carbocycles. The van der Waals surface area contributed by atoms with Crippen LogP contribution < -0.4 is 16.4 Å². The van der Waals surface area contributed by atoms with E-state index in [1.807, 2.05) is 38.3 Å². The molecule has 1 aliphatic heterocycles. The lowest BCUT2D eigenvalue weighted by atomic mass is 9.87. The Kier molecular flexibility index (Phi) is 6.33. The van der Waals surface area contributed by atoms with Gasteiger partial charge in [-0.15, -0.1) is 0 Å². The molecule has 0 radical (unpaired) electrons. The zero-order valence-corrected chi connectivity index (χ0v) is 22.1. The van der Waals surface area contributed by atoms with Gasteiger partial charge < -0.3 is 0 Å². The van der Waals surface area contributed by atoms with Crippen molar-refractivity contribution in [1.82, 2.24) is 18.9 Å². The largest absolute Gasteiger partial charge is 0.332 e. The highest BCUT2D eigenvalue weighted by atomic mass is 35.5. The third-order valence-electron chi connectivity index (χ3n) is 6.74. The highest BCUT2D eigenvalue weighted by Crippen LogP contribution is 2.35. The van der Waals surface area contributed by atoms with Crippen LogP contribution in [0.5, 0.6) is 0 Å². The van der Waals surface area contributed by atoms with E-state index in [9.17, 15) is 18.0 Å². The molecule has 1 aliphatic carbocycles. The number of allylic oxidation sites excluding steroid dienone is 2. The lowest BCUT2D eigenvalue weighted by Gasteiger charge is -2.22. The van der Waals surface area contributed by atoms with Crippen molar-refractivity contribution in [2.75, 3.05) is 0 Å². The first kappa shape index (κ1) is 25.4. The van der Waals surface area contributed by atoms with Gasteiger partial charge in [-0.1, -0.05) is 49.7 Å². The summed E-state index contributed by atoms with van der Waals surface area (Å²) >= 11 is 6.27. The van der Waals surface area contributed by atoms with E-state index >= 15 is 0 Å². The standard InChI is InChI=1S/C25H27ClN6O4S/c1-14(2)12-31-23-21(24(33)30(3)25(31)34)22(15-5-4-6-18(9-15)37(27,35)36)32(29-23)13-16-11-28-20-8-7-17(26)10-19(16)20/h4-11,14,16,19-20H,12-13H2,1-3H3,(H2,27,35,36). The fourth-order valence-corrected chi connectivity index (χ4v) is 5.78. The Morgan fingerprint density at radius 2 is 1.97 bits per heavy atom. The molecule has 0 saturated heterocycles. The molecule has 3 unspecified atom stereocenters. The molecule has 0 fully saturated rings. The molecule has 5 rings (SSSR count). The number of benzene rings is 1. The van der Waals surface area contributed by atoms with Gasteiger partial charge in [-0.2, -0.15) is 5.10 Å². The summed E-state index contributed by atoms with van der Waals surface area (Å²) in [4.78, 5) is 31.1. The summed E-state index contributed by atoms with van der Waals surface area (Å²) < 4.78 is 28.5. The van der Waals surface area contributed by atoms with E-state index in [-0.39, 0.29) is 39.7 Å². The molecule has 0 saturated carbocycles. The number of aliphatic imine (C=N–C) groups is 1. The van der Waals surface area contributed by atoms with Gasteiger partial charge in [0, 0.05) is 42.2 Å². The van der Waals surface area contributed by atoms with Crippen LogP contribution >= 0.6 is 11.6 Å². The number of nitrogens with zero attached hydrogens (tertiary/aromatic N) is 5. The summed E-state index contributed by atoms with van der Waals surface area (Å²) in [5, 5.41) is 11.0. The van der Waals surface area contributed by atoms with E-state index in [1.165, 1.54) is 23.7 Å². The van der Waals surface area contributed by atoms with Crippen molar-refractivity contribution in [2.24, 2.45) is 34.9 Å². The van der Waals surface area contributed by atoms with Crippen molar-refractivity contribution in [1.29, 1.82) is 0 Å². The molecule has 2 aromatic heterocycles. The van der Waals surface area contributed by atoms with Crippen LogP contribution in [0.3, 0.4) is 0 Å². The molecule has 3 aromatic rings. The van der Waals surface area contributed by atoms with E-state index in [0.29, 0.717) is 29.4 Å². The quantitative estimate of drug-likeness (QED) is 0.510. The van der Waals surface area contributed by atoms with Crippen LogP contribution in [0, 0.1) is 17.8 Å². The van der Waals surface area contributed by atoms with Crippen molar-refractivity contribution >= 4 is 38.9 Å². The van der Waals surface area contributed by atoms with Crippen molar-refractivity contribution < 1.29 is 8.42 Å². The predicted octanol–water partition coefficient (Wildman–Crippen LogP) is 2.25. The number of hydrogen-bond donors (Lipinski definition) is 1. The van der Waals surface area contributed by atoms with Crippen LogP contribution in [-0.2, 0) is 30.2 Å². The van der Waals surface area contributed by atoms with Gasteiger partial charge in [0.15, 0.2) is 5.65 Å². The third-order valence-corrected chi connectivity index (χ3v) is 7.90. The van der Waals surface area contributed by atoms with Gasteiger partial charge in [0.05, 0.1) is 23.2 Å². The Morgan fingerprint density at radius 3 is 2.68 bits per heavy atom. The Hall–Kier alpha value is -3.28. The molecule has 2 aliphatic rings. The summed E-state index contributed by atoms with van der Waals surface area (Å²) in [5.41, 5.74) is 0.141. The fraction of sp³-hybridized carbons (Fsp3) is 0.360. The van der Waals surface area contributed by atoms with Gasteiger partial charge in [0.25, 0.3) is 5.56 Å². The second-order valence-corrected chi connectivity index (χ2v) is 11.9. The van der Waals surface area contributed by atoms with Crippen LogP contribution in [0.4, 0.5) is 0 Å². The van der Waals surface area contributed by atoms with Crippen LogP contribution in [0.2, 0.25) is 0 Å². The SMILES string of the molecule is CC(C)Cn1c(=O)n(C)c(=O)c2c(-c3cccc(S(N)(=O)=O)c3)n(CC3C=NC4C=CC(Cl)=CC34)nc21. The molecule has 0 amide bonds. The second kappa shape index (κ2) is 9.23. The molecular formula is C25H27ClN6O4S. The monoisotopic (exact) mass is 542 g/mol. The van der Waals surface area contributed by atoms with Crippen molar-refractivity contribution in [3.05, 3.63) is 68.4 Å². The maximum Gasteiger partial charge on any atom is 0.332 e. The van der Waals surface area contributed by atoms with Gasteiger partial charge in [0.2, 0.25) is 10.0 Å². The minimum Gasteiger partial charge on any atom is -0.289 e. The van der Waals surface area contributed by atoms with Crippen molar-refractivity contribution in [3.63, 3.8) is 0 Å². The van der Waals surface area contributed by atoms with Gasteiger partial charge in [-0.3, -0.25) is 23.6 Å². The Morgan fingerprint density at radius 1 is 1.22 bits per heavy atom. The van der Waals surface area contributed by atoms with E-state index in [4.69, 9.17) is 21.8 Å². The highest BCUT2D eigenvalue weighted by Gasteiger charge is 2.34. The van der Waals surface area contributed by atoms with Crippen LogP contribution in [0.25, 0.3) is 22.3 Å². The van der Waals surface area contributed by atoms with E-state index in [0.717, 1.165) is 4.57 Å². The van der Waals surface area contributed by atoms with Crippen LogP contribution in [0.1, 0.15) is 13.8 Å². The first-order valence-corrected chi connectivity index (χ1v) is 13.8. The van der Waals surface area contributed by atoms with Gasteiger partial charge in [-0.25, -0.2) is 18.4 Å². The summed E-state index contributed by atoms with van der Waals surface area (Å²) in [6.07, 6.45) is 7.60. The molecule has 3 atom stereocenters. The molecule has 10 nitrogen and oxygen atoms in total. The predicted molar refractivity (Wildman–Crippen MR) is 143 cm³/mol. The summed E-state index contributed by atoms with van der Waals surface area (Å²) in [6.45, 7) is 4.63. The number of hydrogen-bond acceptors (Lipinski definition) is 6. The lowest BCUT2D eigenvalue weighted by Crippen LogP contribution is -2.38. The average Bonchev–Trinajstić information content (AvgIpc) is 3.41. The Balaban J connectivity index is 1.77. The normalized spacial score (nSPS) is 21.1. The first-order valence-electron chi connectivity index (χ1n) is 11.9. The van der Waals surface area contributed by atoms with E-state index in [1.54, 1.807) is 16.8 Å². The van der Waals surface area contributed by atoms with Gasteiger partial charge >= 0.3 is 5.69 Å². The minimum atomic E-state index is -4.00. The van der Waals surface area contributed by atoms with Crippen molar-refractivity contribution in [3.8, 4) is 11.3 Å². The number of halogens is 1. The second-order valence-electron chi connectivity index (χ2n) is 9.89. The first-order chi connectivity index (χ1) is 17.5. The van der Waals surface area contributed by atoms with Crippen LogP contribution in [0.15, 0.2) is 67.0 Å². The average molecular weight is 543 g/mol. The third kappa shape index (κ3) is 4.51. The molecule has 12 heteroatoms. The van der Waals surface area contributed by atoms with E-state index < -0.39 is 21.3 Å². The lowest BCUT2D eigenvalue weighted by molar-refractivity contribution is 0.424. The van der Waals surface area contributed by atoms with Crippen LogP contribution in [-0.4, -0.2) is 39.6 Å².